The number of unbranched alkanes of at least 4 members (excludes halogenated alkanes) is 2. The van der Waals surface area contributed by atoms with Crippen molar-refractivity contribution in [3.05, 3.63) is 29.6 Å². The predicted molar refractivity (Wildman–Crippen MR) is 58.4 cm³/mol. The fraction of sp³-hybridized carbons (Fsp3) is 0.417. The number of para-hydroxylation sites is 1. The van der Waals surface area contributed by atoms with Gasteiger partial charge in [-0.3, -0.25) is 0 Å². The summed E-state index contributed by atoms with van der Waals surface area (Å²) >= 11 is 0. The van der Waals surface area contributed by atoms with Gasteiger partial charge in [-0.25, -0.2) is 9.18 Å². The van der Waals surface area contributed by atoms with Crippen LogP contribution in [0.15, 0.2) is 18.2 Å². The van der Waals surface area contributed by atoms with Gasteiger partial charge in [0.05, 0.1) is 6.61 Å². The first-order chi connectivity index (χ1) is 7.66. The van der Waals surface area contributed by atoms with E-state index in [4.69, 9.17) is 9.84 Å². The third-order valence-electron chi connectivity index (χ3n) is 2.19. The first kappa shape index (κ1) is 12.5. The minimum absolute atomic E-state index is 0.128. The zero-order chi connectivity index (χ0) is 12.0. The fourth-order valence-corrected chi connectivity index (χ4v) is 1.35. The molecule has 0 heterocycles. The van der Waals surface area contributed by atoms with Crippen LogP contribution >= 0.6 is 0 Å². The summed E-state index contributed by atoms with van der Waals surface area (Å²) in [5.41, 5.74) is -0.128. The summed E-state index contributed by atoms with van der Waals surface area (Å²) in [6.07, 6.45) is 2.81. The van der Waals surface area contributed by atoms with E-state index in [2.05, 4.69) is 0 Å². The third kappa shape index (κ3) is 3.22. The van der Waals surface area contributed by atoms with Gasteiger partial charge in [-0.15, -0.1) is 0 Å². The molecule has 1 aromatic carbocycles. The summed E-state index contributed by atoms with van der Waals surface area (Å²) in [7, 11) is 0. The van der Waals surface area contributed by atoms with Crippen molar-refractivity contribution in [2.75, 3.05) is 6.61 Å². The van der Waals surface area contributed by atoms with Gasteiger partial charge in [0.15, 0.2) is 11.6 Å². The van der Waals surface area contributed by atoms with Crippen molar-refractivity contribution >= 4 is 5.97 Å². The molecular weight excluding hydrogens is 211 g/mol. The van der Waals surface area contributed by atoms with Crippen molar-refractivity contribution in [2.24, 2.45) is 0 Å². The molecule has 4 heteroatoms. The molecule has 0 bridgehead atoms. The lowest BCUT2D eigenvalue weighted by molar-refractivity contribution is 0.0691. The highest BCUT2D eigenvalue weighted by molar-refractivity contribution is 5.90. The first-order valence-corrected chi connectivity index (χ1v) is 5.31. The molecule has 0 radical (unpaired) electrons. The number of hydrogen-bond donors (Lipinski definition) is 1. The number of rotatable bonds is 6. The van der Waals surface area contributed by atoms with Gasteiger partial charge in [0.2, 0.25) is 0 Å². The summed E-state index contributed by atoms with van der Waals surface area (Å²) < 4.78 is 18.5. The van der Waals surface area contributed by atoms with E-state index in [-0.39, 0.29) is 11.3 Å². The van der Waals surface area contributed by atoms with Crippen LogP contribution in [0, 0.1) is 5.82 Å². The largest absolute Gasteiger partial charge is 0.490 e. The van der Waals surface area contributed by atoms with Gasteiger partial charge >= 0.3 is 5.97 Å². The van der Waals surface area contributed by atoms with E-state index in [1.54, 1.807) is 0 Å². The van der Waals surface area contributed by atoms with E-state index in [0.29, 0.717) is 6.61 Å². The maximum atomic E-state index is 13.3. The Labute approximate surface area is 93.9 Å². The molecule has 3 nitrogen and oxygen atoms in total. The SMILES string of the molecule is CCCCCOc1c(F)cccc1C(=O)O. The van der Waals surface area contributed by atoms with Gasteiger partial charge < -0.3 is 9.84 Å². The second-order valence-electron chi connectivity index (χ2n) is 3.48. The molecular formula is C12H15FO3. The van der Waals surface area contributed by atoms with Gasteiger partial charge in [0, 0.05) is 0 Å². The number of carboxylic acids is 1. The zero-order valence-corrected chi connectivity index (χ0v) is 9.20. The van der Waals surface area contributed by atoms with Crippen LogP contribution in [0.3, 0.4) is 0 Å². The smallest absolute Gasteiger partial charge is 0.339 e. The molecule has 0 aliphatic rings. The van der Waals surface area contributed by atoms with Crippen molar-refractivity contribution in [1.82, 2.24) is 0 Å². The van der Waals surface area contributed by atoms with Crippen molar-refractivity contribution in [1.29, 1.82) is 0 Å². The molecule has 0 saturated carbocycles. The van der Waals surface area contributed by atoms with Crippen LogP contribution < -0.4 is 4.74 Å². The standard InChI is InChI=1S/C12H15FO3/c1-2-3-4-8-16-11-9(12(14)15)6-5-7-10(11)13/h5-7H,2-4,8H2,1H3,(H,14,15). The van der Waals surface area contributed by atoms with Crippen molar-refractivity contribution in [2.45, 2.75) is 26.2 Å². The van der Waals surface area contributed by atoms with Crippen LogP contribution in [0.2, 0.25) is 0 Å². The van der Waals surface area contributed by atoms with Crippen molar-refractivity contribution in [3.63, 3.8) is 0 Å². The normalized spacial score (nSPS) is 10.1. The van der Waals surface area contributed by atoms with E-state index in [9.17, 15) is 9.18 Å². The molecule has 1 aromatic rings. The Hall–Kier alpha value is -1.58. The first-order valence-electron chi connectivity index (χ1n) is 5.31. The van der Waals surface area contributed by atoms with Crippen LogP contribution in [0.25, 0.3) is 0 Å². The summed E-state index contributed by atoms with van der Waals surface area (Å²) in [5, 5.41) is 8.85. The number of ether oxygens (including phenoxy) is 1. The zero-order valence-electron chi connectivity index (χ0n) is 9.20. The van der Waals surface area contributed by atoms with Crippen molar-refractivity contribution < 1.29 is 19.0 Å². The van der Waals surface area contributed by atoms with Crippen LogP contribution in [0.4, 0.5) is 4.39 Å². The van der Waals surface area contributed by atoms with E-state index >= 15 is 0 Å². The number of benzene rings is 1. The molecule has 0 saturated heterocycles. The Morgan fingerprint density at radius 2 is 2.19 bits per heavy atom. The molecule has 0 unspecified atom stereocenters. The molecule has 0 aromatic heterocycles. The molecule has 0 spiro atoms. The summed E-state index contributed by atoms with van der Waals surface area (Å²) in [5.74, 6) is -1.97. The van der Waals surface area contributed by atoms with Crippen LogP contribution in [-0.2, 0) is 0 Å². The molecule has 1 rings (SSSR count). The molecule has 0 aliphatic carbocycles. The molecule has 0 fully saturated rings. The maximum absolute atomic E-state index is 13.3. The van der Waals surface area contributed by atoms with Gasteiger partial charge in [-0.1, -0.05) is 25.8 Å². The Balaban J connectivity index is 2.73. The molecule has 0 atom stereocenters. The van der Waals surface area contributed by atoms with Crippen molar-refractivity contribution in [3.8, 4) is 5.75 Å². The summed E-state index contributed by atoms with van der Waals surface area (Å²) in [6.45, 7) is 2.39. The van der Waals surface area contributed by atoms with Gasteiger partial charge in [-0.2, -0.15) is 0 Å². The number of hydrogen-bond acceptors (Lipinski definition) is 2. The van der Waals surface area contributed by atoms with Gasteiger partial charge in [0.1, 0.15) is 5.56 Å². The maximum Gasteiger partial charge on any atom is 0.339 e. The van der Waals surface area contributed by atoms with Gasteiger partial charge in [0.25, 0.3) is 0 Å². The number of halogens is 1. The Kier molecular flexibility index (Phi) is 4.76. The quantitative estimate of drug-likeness (QED) is 0.758. The average Bonchev–Trinajstić information content (AvgIpc) is 2.25. The number of carbonyl (C=O) groups is 1. The minimum Gasteiger partial charge on any atom is -0.490 e. The lowest BCUT2D eigenvalue weighted by atomic mass is 10.2. The lowest BCUT2D eigenvalue weighted by Crippen LogP contribution is -2.06. The topological polar surface area (TPSA) is 46.5 Å². The highest BCUT2D eigenvalue weighted by Gasteiger charge is 2.15. The molecule has 0 amide bonds. The molecule has 0 aliphatic heterocycles. The second kappa shape index (κ2) is 6.10. The monoisotopic (exact) mass is 226 g/mol. The Bertz CT molecular complexity index is 363. The van der Waals surface area contributed by atoms with Crippen LogP contribution in [-0.4, -0.2) is 17.7 Å². The third-order valence-corrected chi connectivity index (χ3v) is 2.19. The molecule has 16 heavy (non-hydrogen) atoms. The van der Waals surface area contributed by atoms with Crippen LogP contribution in [0.1, 0.15) is 36.5 Å². The average molecular weight is 226 g/mol. The van der Waals surface area contributed by atoms with E-state index in [1.165, 1.54) is 18.2 Å². The highest BCUT2D eigenvalue weighted by atomic mass is 19.1. The van der Waals surface area contributed by atoms with E-state index in [1.807, 2.05) is 6.92 Å². The van der Waals surface area contributed by atoms with E-state index in [0.717, 1.165) is 19.3 Å². The van der Waals surface area contributed by atoms with Crippen LogP contribution in [0.5, 0.6) is 5.75 Å². The lowest BCUT2D eigenvalue weighted by Gasteiger charge is -2.09. The molecule has 88 valence electrons. The Morgan fingerprint density at radius 1 is 1.44 bits per heavy atom. The minimum atomic E-state index is -1.18. The van der Waals surface area contributed by atoms with E-state index < -0.39 is 11.8 Å². The molecule has 1 N–H and O–H groups in total. The Morgan fingerprint density at radius 3 is 2.81 bits per heavy atom. The fourth-order valence-electron chi connectivity index (χ4n) is 1.35. The number of carboxylic acid groups (broad SMARTS) is 1. The summed E-state index contributed by atoms with van der Waals surface area (Å²) in [4.78, 5) is 10.8. The highest BCUT2D eigenvalue weighted by Crippen LogP contribution is 2.22. The van der Waals surface area contributed by atoms with Gasteiger partial charge in [-0.05, 0) is 18.6 Å². The second-order valence-corrected chi connectivity index (χ2v) is 3.48. The predicted octanol–water partition coefficient (Wildman–Crippen LogP) is 3.09. The number of aromatic carboxylic acids is 1. The summed E-state index contributed by atoms with van der Waals surface area (Å²) in [6, 6.07) is 3.89.